The van der Waals surface area contributed by atoms with Crippen LogP contribution in [0.4, 0.5) is 0 Å². The molecule has 132 valence electrons. The standard InChI is InChI=1S/C19H21NO3S2/c1-12-17(19(23)15-8-4-3-7-14(15)18(12)22)20-16(21)9-5-2-6-13-10-11-24-25-13/h3-4,7-8,13H,2,5-6,9-11H2,1H3,(H,20,21)/t13-/m1/s1. The molecule has 3 rings (SSSR count). The van der Waals surface area contributed by atoms with Gasteiger partial charge in [-0.05, 0) is 26.2 Å². The molecule has 0 unspecified atom stereocenters. The molecule has 0 radical (unpaired) electrons. The summed E-state index contributed by atoms with van der Waals surface area (Å²) < 4.78 is 0. The fourth-order valence-electron chi connectivity index (χ4n) is 3.07. The van der Waals surface area contributed by atoms with E-state index >= 15 is 0 Å². The molecule has 1 fully saturated rings. The lowest BCUT2D eigenvalue weighted by molar-refractivity contribution is -0.120. The van der Waals surface area contributed by atoms with Crippen LogP contribution in [0.1, 0.15) is 59.7 Å². The van der Waals surface area contributed by atoms with Crippen LogP contribution in [-0.2, 0) is 4.79 Å². The van der Waals surface area contributed by atoms with E-state index in [9.17, 15) is 14.4 Å². The molecular weight excluding hydrogens is 354 g/mol. The zero-order chi connectivity index (χ0) is 17.8. The Morgan fingerprint density at radius 2 is 1.88 bits per heavy atom. The quantitative estimate of drug-likeness (QED) is 0.597. The third-order valence-electron chi connectivity index (χ3n) is 4.53. The number of hydrogen-bond donors (Lipinski definition) is 1. The van der Waals surface area contributed by atoms with E-state index in [1.165, 1.54) is 12.2 Å². The van der Waals surface area contributed by atoms with Gasteiger partial charge in [0.1, 0.15) is 0 Å². The molecule has 0 saturated carbocycles. The molecule has 1 saturated heterocycles. The Kier molecular flexibility index (Phi) is 6.02. The fraction of sp³-hybridized carbons (Fsp3) is 0.421. The first-order valence-corrected chi connectivity index (χ1v) is 10.9. The summed E-state index contributed by atoms with van der Waals surface area (Å²) in [7, 11) is 3.88. The number of Topliss-reactive ketones (excluding diaryl/α,β-unsaturated/α-hetero) is 2. The Balaban J connectivity index is 1.56. The highest BCUT2D eigenvalue weighted by Gasteiger charge is 2.30. The van der Waals surface area contributed by atoms with Crippen molar-refractivity contribution >= 4 is 39.1 Å². The number of carbonyl (C=O) groups excluding carboxylic acids is 3. The Labute approximate surface area is 155 Å². The number of amides is 1. The second-order valence-corrected chi connectivity index (χ2v) is 9.11. The van der Waals surface area contributed by atoms with Crippen molar-refractivity contribution in [3.63, 3.8) is 0 Å². The van der Waals surface area contributed by atoms with Gasteiger partial charge in [-0.2, -0.15) is 0 Å². The molecule has 0 spiro atoms. The van der Waals surface area contributed by atoms with E-state index in [1.54, 1.807) is 31.2 Å². The topological polar surface area (TPSA) is 63.2 Å². The van der Waals surface area contributed by atoms with E-state index in [0.29, 0.717) is 28.4 Å². The summed E-state index contributed by atoms with van der Waals surface area (Å²) in [5.74, 6) is 0.561. The van der Waals surface area contributed by atoms with Crippen LogP contribution in [-0.4, -0.2) is 28.5 Å². The molecule has 1 heterocycles. The summed E-state index contributed by atoms with van der Waals surface area (Å²) in [5.41, 5.74) is 1.23. The largest absolute Gasteiger partial charge is 0.322 e. The van der Waals surface area contributed by atoms with Crippen LogP contribution in [0.15, 0.2) is 35.5 Å². The predicted molar refractivity (Wildman–Crippen MR) is 103 cm³/mol. The molecule has 1 aromatic carbocycles. The molecule has 1 aliphatic heterocycles. The maximum absolute atomic E-state index is 12.6. The van der Waals surface area contributed by atoms with Gasteiger partial charge in [0, 0.05) is 34.1 Å². The average Bonchev–Trinajstić information content (AvgIpc) is 3.14. The van der Waals surface area contributed by atoms with Gasteiger partial charge in [0.25, 0.3) is 0 Å². The Hall–Kier alpha value is -1.53. The second-order valence-electron chi connectivity index (χ2n) is 6.33. The molecule has 0 aromatic heterocycles. The summed E-state index contributed by atoms with van der Waals surface area (Å²) in [6, 6.07) is 6.74. The van der Waals surface area contributed by atoms with Crippen molar-refractivity contribution in [1.82, 2.24) is 5.32 Å². The zero-order valence-electron chi connectivity index (χ0n) is 14.2. The summed E-state index contributed by atoms with van der Waals surface area (Å²) in [5, 5.41) is 3.39. The van der Waals surface area contributed by atoms with Crippen LogP contribution < -0.4 is 5.32 Å². The van der Waals surface area contributed by atoms with Gasteiger partial charge in [-0.25, -0.2) is 0 Å². The number of ketones is 2. The number of carbonyl (C=O) groups is 3. The maximum Gasteiger partial charge on any atom is 0.224 e. The molecule has 1 atom stereocenters. The van der Waals surface area contributed by atoms with E-state index in [-0.39, 0.29) is 23.2 Å². The lowest BCUT2D eigenvalue weighted by atomic mass is 9.88. The minimum atomic E-state index is -0.277. The first-order chi connectivity index (χ1) is 12.1. The normalized spacial score (nSPS) is 20.0. The van der Waals surface area contributed by atoms with Crippen LogP contribution in [0.2, 0.25) is 0 Å². The van der Waals surface area contributed by atoms with Crippen LogP contribution in [0.5, 0.6) is 0 Å². The number of nitrogens with one attached hydrogen (secondary N) is 1. The van der Waals surface area contributed by atoms with Crippen LogP contribution in [0.3, 0.4) is 0 Å². The van der Waals surface area contributed by atoms with Gasteiger partial charge in [-0.3, -0.25) is 14.4 Å². The maximum atomic E-state index is 12.6. The van der Waals surface area contributed by atoms with E-state index in [1.807, 2.05) is 21.6 Å². The highest BCUT2D eigenvalue weighted by atomic mass is 33.1. The Morgan fingerprint density at radius 1 is 1.16 bits per heavy atom. The first kappa shape index (κ1) is 18.3. The molecule has 4 nitrogen and oxygen atoms in total. The summed E-state index contributed by atoms with van der Waals surface area (Å²) in [4.78, 5) is 37.2. The summed E-state index contributed by atoms with van der Waals surface area (Å²) >= 11 is 0. The van der Waals surface area contributed by atoms with Gasteiger partial charge < -0.3 is 5.32 Å². The minimum absolute atomic E-state index is 0.136. The van der Waals surface area contributed by atoms with Gasteiger partial charge in [0.2, 0.25) is 11.7 Å². The van der Waals surface area contributed by atoms with E-state index in [4.69, 9.17) is 0 Å². The summed E-state index contributed by atoms with van der Waals surface area (Å²) in [6.07, 6.45) is 4.59. The lowest BCUT2D eigenvalue weighted by Crippen LogP contribution is -2.33. The Morgan fingerprint density at radius 3 is 2.56 bits per heavy atom. The van der Waals surface area contributed by atoms with Gasteiger partial charge in [-0.1, -0.05) is 52.3 Å². The van der Waals surface area contributed by atoms with Gasteiger partial charge in [-0.15, -0.1) is 0 Å². The molecular formula is C19H21NO3S2. The third-order valence-corrected chi connectivity index (χ3v) is 7.54. The number of hydrogen-bond acceptors (Lipinski definition) is 5. The van der Waals surface area contributed by atoms with Crippen LogP contribution in [0.25, 0.3) is 0 Å². The third kappa shape index (κ3) is 4.18. The van der Waals surface area contributed by atoms with Crippen molar-refractivity contribution in [2.45, 2.75) is 44.3 Å². The minimum Gasteiger partial charge on any atom is -0.322 e. The molecule has 2 aliphatic rings. The zero-order valence-corrected chi connectivity index (χ0v) is 15.8. The van der Waals surface area contributed by atoms with Crippen LogP contribution in [0, 0.1) is 0 Å². The average molecular weight is 376 g/mol. The van der Waals surface area contributed by atoms with E-state index < -0.39 is 0 Å². The van der Waals surface area contributed by atoms with Crippen molar-refractivity contribution in [2.75, 3.05) is 5.75 Å². The molecule has 6 heteroatoms. The van der Waals surface area contributed by atoms with Crippen molar-refractivity contribution in [1.29, 1.82) is 0 Å². The molecule has 1 aliphatic carbocycles. The molecule has 1 N–H and O–H groups in total. The van der Waals surface area contributed by atoms with Crippen molar-refractivity contribution in [2.24, 2.45) is 0 Å². The second kappa shape index (κ2) is 8.23. The van der Waals surface area contributed by atoms with Crippen LogP contribution >= 0.6 is 21.6 Å². The van der Waals surface area contributed by atoms with Gasteiger partial charge in [0.05, 0.1) is 5.70 Å². The van der Waals surface area contributed by atoms with Crippen molar-refractivity contribution in [3.8, 4) is 0 Å². The van der Waals surface area contributed by atoms with Crippen molar-refractivity contribution in [3.05, 3.63) is 46.7 Å². The fourth-order valence-corrected chi connectivity index (χ4v) is 6.10. The highest BCUT2D eigenvalue weighted by Crippen LogP contribution is 2.39. The molecule has 25 heavy (non-hydrogen) atoms. The number of rotatable bonds is 6. The SMILES string of the molecule is CC1=C(NC(=O)CCCC[C@@H]2CCSS2)C(=O)c2ccccc2C1=O. The molecule has 1 amide bonds. The number of allylic oxidation sites excluding steroid dienone is 2. The van der Waals surface area contributed by atoms with Gasteiger partial charge >= 0.3 is 0 Å². The predicted octanol–water partition coefficient (Wildman–Crippen LogP) is 4.17. The first-order valence-electron chi connectivity index (χ1n) is 8.55. The van der Waals surface area contributed by atoms with E-state index in [2.05, 4.69) is 5.32 Å². The van der Waals surface area contributed by atoms with E-state index in [0.717, 1.165) is 19.3 Å². The number of fused-ring (bicyclic) bond motifs is 1. The molecule has 0 bridgehead atoms. The van der Waals surface area contributed by atoms with Gasteiger partial charge in [0.15, 0.2) is 5.78 Å². The smallest absolute Gasteiger partial charge is 0.224 e. The summed E-state index contributed by atoms with van der Waals surface area (Å²) in [6.45, 7) is 1.60. The van der Waals surface area contributed by atoms with Crippen molar-refractivity contribution < 1.29 is 14.4 Å². The number of benzene rings is 1. The lowest BCUT2D eigenvalue weighted by Gasteiger charge is -2.19. The number of unbranched alkanes of at least 4 members (excludes halogenated alkanes) is 1. The molecule has 1 aromatic rings. The Bertz CT molecular complexity index is 736. The highest BCUT2D eigenvalue weighted by molar-refractivity contribution is 8.77. The monoisotopic (exact) mass is 375 g/mol.